The quantitative estimate of drug-likeness (QED) is 0.554. The maximum Gasteiger partial charge on any atom is 0.319 e. The Bertz CT molecular complexity index is 487. The topological polar surface area (TPSA) is 79.5 Å². The molecule has 0 aliphatic carbocycles. The molecule has 1 aromatic rings. The van der Waals surface area contributed by atoms with E-state index in [1.165, 1.54) is 5.56 Å². The van der Waals surface area contributed by atoms with Crippen LogP contribution in [-0.2, 0) is 14.3 Å². The number of carbonyl (C=O) groups excluding carboxylic acids is 2. The van der Waals surface area contributed by atoms with Crippen molar-refractivity contribution in [3.05, 3.63) is 29.8 Å². The van der Waals surface area contributed by atoms with E-state index < -0.39 is 18.2 Å². The minimum atomic E-state index is -0.786. The fraction of sp³-hybridized carbons (Fsp3) is 0.429. The van der Waals surface area contributed by atoms with Crippen molar-refractivity contribution in [2.75, 3.05) is 18.5 Å². The molecule has 0 saturated carbocycles. The predicted molar refractivity (Wildman–Crippen MR) is 74.9 cm³/mol. The van der Waals surface area contributed by atoms with Crippen molar-refractivity contribution < 1.29 is 14.3 Å². The van der Waals surface area contributed by atoms with Gasteiger partial charge >= 0.3 is 5.97 Å². The van der Waals surface area contributed by atoms with Crippen molar-refractivity contribution >= 4 is 17.6 Å². The number of nitrogens with one attached hydrogen (secondary N) is 3. The number of anilines is 1. The molecule has 0 spiro atoms. The van der Waals surface area contributed by atoms with Crippen LogP contribution in [0.4, 0.5) is 5.69 Å². The summed E-state index contributed by atoms with van der Waals surface area (Å²) in [4.78, 5) is 23.4. The van der Waals surface area contributed by atoms with Crippen LogP contribution >= 0.6 is 0 Å². The van der Waals surface area contributed by atoms with Gasteiger partial charge in [-0.05, 0) is 26.0 Å². The zero-order valence-electron chi connectivity index (χ0n) is 11.6. The second-order valence-corrected chi connectivity index (χ2v) is 4.66. The molecular formula is C14H19N3O3. The fourth-order valence-electron chi connectivity index (χ4n) is 1.96. The lowest BCUT2D eigenvalue weighted by Gasteiger charge is -2.30. The lowest BCUT2D eigenvalue weighted by atomic mass is 10.1. The van der Waals surface area contributed by atoms with Crippen molar-refractivity contribution in [1.82, 2.24) is 10.6 Å². The second-order valence-electron chi connectivity index (χ2n) is 4.66. The molecule has 1 fully saturated rings. The normalized spacial score (nSPS) is 22.0. The zero-order chi connectivity index (χ0) is 14.5. The first-order valence-electron chi connectivity index (χ1n) is 6.63. The Labute approximate surface area is 117 Å². The summed E-state index contributed by atoms with van der Waals surface area (Å²) in [5.41, 5.74) is 2.06. The first kappa shape index (κ1) is 14.3. The van der Waals surface area contributed by atoms with Gasteiger partial charge in [-0.15, -0.1) is 0 Å². The summed E-state index contributed by atoms with van der Waals surface area (Å²) in [6.45, 7) is 4.25. The molecule has 1 heterocycles. The molecule has 1 aliphatic heterocycles. The second kappa shape index (κ2) is 6.38. The Balaban J connectivity index is 1.90. The molecule has 2 atom stereocenters. The van der Waals surface area contributed by atoms with Crippen molar-refractivity contribution in [3.63, 3.8) is 0 Å². The number of hydrogen-bond donors (Lipinski definition) is 3. The van der Waals surface area contributed by atoms with Crippen LogP contribution in [-0.4, -0.2) is 31.3 Å². The molecule has 3 N–H and O–H groups in total. The SMILES string of the molecule is CCOC(=O)C1CNC(Nc2ccc(C)cc2)NC1=O. The van der Waals surface area contributed by atoms with E-state index in [4.69, 9.17) is 4.74 Å². The predicted octanol–water partition coefficient (Wildman–Crippen LogP) is 0.589. The molecule has 6 heteroatoms. The van der Waals surface area contributed by atoms with Crippen LogP contribution in [0.25, 0.3) is 0 Å². The molecule has 0 aromatic heterocycles. The first-order chi connectivity index (χ1) is 9.60. The minimum absolute atomic E-state index is 0.258. The Morgan fingerprint density at radius 1 is 1.40 bits per heavy atom. The number of carbonyl (C=O) groups is 2. The van der Waals surface area contributed by atoms with E-state index >= 15 is 0 Å². The van der Waals surface area contributed by atoms with Crippen LogP contribution in [0, 0.1) is 12.8 Å². The number of benzene rings is 1. The highest BCUT2D eigenvalue weighted by Gasteiger charge is 2.33. The molecule has 2 rings (SSSR count). The molecule has 1 aromatic carbocycles. The van der Waals surface area contributed by atoms with Crippen molar-refractivity contribution in [3.8, 4) is 0 Å². The number of ether oxygens (including phenoxy) is 1. The molecule has 20 heavy (non-hydrogen) atoms. The largest absolute Gasteiger partial charge is 0.465 e. The average Bonchev–Trinajstić information content (AvgIpc) is 2.42. The molecule has 0 bridgehead atoms. The average molecular weight is 277 g/mol. The van der Waals surface area contributed by atoms with Gasteiger partial charge in [0.2, 0.25) is 5.91 Å². The van der Waals surface area contributed by atoms with Gasteiger partial charge in [-0.2, -0.15) is 0 Å². The van der Waals surface area contributed by atoms with Crippen molar-refractivity contribution in [2.24, 2.45) is 5.92 Å². The molecule has 1 aliphatic rings. The molecular weight excluding hydrogens is 258 g/mol. The Morgan fingerprint density at radius 2 is 2.10 bits per heavy atom. The van der Waals surface area contributed by atoms with E-state index in [-0.39, 0.29) is 19.1 Å². The van der Waals surface area contributed by atoms with E-state index in [1.807, 2.05) is 31.2 Å². The summed E-state index contributed by atoms with van der Waals surface area (Å²) >= 11 is 0. The third-order valence-corrected chi connectivity index (χ3v) is 3.06. The van der Waals surface area contributed by atoms with Crippen LogP contribution in [0.1, 0.15) is 12.5 Å². The Hall–Kier alpha value is -2.08. The maximum atomic E-state index is 11.9. The minimum Gasteiger partial charge on any atom is -0.465 e. The summed E-state index contributed by atoms with van der Waals surface area (Å²) in [6, 6.07) is 7.82. The smallest absolute Gasteiger partial charge is 0.319 e. The number of rotatable bonds is 4. The molecule has 108 valence electrons. The first-order valence-corrected chi connectivity index (χ1v) is 6.63. The van der Waals surface area contributed by atoms with Gasteiger partial charge in [0.05, 0.1) is 6.61 Å². The van der Waals surface area contributed by atoms with Gasteiger partial charge in [-0.25, -0.2) is 0 Å². The number of amides is 1. The fourth-order valence-corrected chi connectivity index (χ4v) is 1.96. The zero-order valence-corrected chi connectivity index (χ0v) is 11.6. The van der Waals surface area contributed by atoms with E-state index in [9.17, 15) is 9.59 Å². The van der Waals surface area contributed by atoms with E-state index in [1.54, 1.807) is 6.92 Å². The van der Waals surface area contributed by atoms with Crippen LogP contribution in [0.2, 0.25) is 0 Å². The van der Waals surface area contributed by atoms with E-state index in [0.29, 0.717) is 0 Å². The lowest BCUT2D eigenvalue weighted by molar-refractivity contribution is -0.153. The summed E-state index contributed by atoms with van der Waals surface area (Å²) in [5, 5.41) is 8.90. The van der Waals surface area contributed by atoms with E-state index in [0.717, 1.165) is 5.69 Å². The molecule has 0 radical (unpaired) electrons. The highest BCUT2D eigenvalue weighted by atomic mass is 16.5. The maximum absolute atomic E-state index is 11.9. The molecule has 2 unspecified atom stereocenters. The third kappa shape index (κ3) is 3.48. The number of aryl methyl sites for hydroxylation is 1. The van der Waals surface area contributed by atoms with Gasteiger partial charge in [0.1, 0.15) is 5.92 Å². The monoisotopic (exact) mass is 277 g/mol. The molecule has 1 amide bonds. The van der Waals surface area contributed by atoms with Gasteiger partial charge in [0.15, 0.2) is 6.29 Å². The van der Waals surface area contributed by atoms with Gasteiger partial charge in [-0.1, -0.05) is 17.7 Å². The summed E-state index contributed by atoms with van der Waals surface area (Å²) in [5.74, 6) is -1.61. The van der Waals surface area contributed by atoms with Gasteiger partial charge in [0, 0.05) is 12.2 Å². The highest BCUT2D eigenvalue weighted by Crippen LogP contribution is 2.11. The van der Waals surface area contributed by atoms with Gasteiger partial charge in [0.25, 0.3) is 0 Å². The third-order valence-electron chi connectivity index (χ3n) is 3.06. The standard InChI is InChI=1S/C14H19N3O3/c1-3-20-13(19)11-8-15-14(17-12(11)18)16-10-6-4-9(2)5-7-10/h4-7,11,14-16H,3,8H2,1-2H3,(H,17,18). The highest BCUT2D eigenvalue weighted by molar-refractivity contribution is 5.98. The number of hydrogen-bond acceptors (Lipinski definition) is 5. The van der Waals surface area contributed by atoms with Crippen molar-refractivity contribution in [1.29, 1.82) is 0 Å². The van der Waals surface area contributed by atoms with E-state index in [2.05, 4.69) is 16.0 Å². The Kier molecular flexibility index (Phi) is 4.57. The van der Waals surface area contributed by atoms with Gasteiger partial charge in [-0.3, -0.25) is 14.9 Å². The van der Waals surface area contributed by atoms with Crippen LogP contribution in [0.15, 0.2) is 24.3 Å². The van der Waals surface area contributed by atoms with Gasteiger partial charge < -0.3 is 15.4 Å². The number of esters is 1. The van der Waals surface area contributed by atoms with Crippen LogP contribution in [0.5, 0.6) is 0 Å². The molecule has 6 nitrogen and oxygen atoms in total. The summed E-state index contributed by atoms with van der Waals surface area (Å²) in [6.07, 6.45) is -0.393. The summed E-state index contributed by atoms with van der Waals surface area (Å²) < 4.78 is 4.86. The van der Waals surface area contributed by atoms with Crippen LogP contribution in [0.3, 0.4) is 0 Å². The van der Waals surface area contributed by atoms with Crippen molar-refractivity contribution in [2.45, 2.75) is 20.1 Å². The van der Waals surface area contributed by atoms with Crippen LogP contribution < -0.4 is 16.0 Å². The summed E-state index contributed by atoms with van der Waals surface area (Å²) in [7, 11) is 0. The Morgan fingerprint density at radius 3 is 2.70 bits per heavy atom. The lowest BCUT2D eigenvalue weighted by Crippen LogP contribution is -2.61. The molecule has 1 saturated heterocycles.